The van der Waals surface area contributed by atoms with Crippen LogP contribution in [0, 0.1) is 5.92 Å². The molecular weight excluding hydrogens is 222 g/mol. The van der Waals surface area contributed by atoms with Gasteiger partial charge in [0.05, 0.1) is 7.85 Å². The fourth-order valence-electron chi connectivity index (χ4n) is 1.24. The van der Waals surface area contributed by atoms with Gasteiger partial charge in [0.25, 0.3) is 0 Å². The number of halogens is 1. The van der Waals surface area contributed by atoms with Gasteiger partial charge in [-0.15, -0.1) is 0 Å². The molecule has 0 amide bonds. The van der Waals surface area contributed by atoms with Crippen LogP contribution in [-0.2, 0) is 0 Å². The van der Waals surface area contributed by atoms with Crippen LogP contribution in [-0.4, -0.2) is 11.2 Å². The summed E-state index contributed by atoms with van der Waals surface area (Å²) in [5, 5.41) is 0. The molecular formula is C7H12BI. The number of alkyl halides is 1. The third kappa shape index (κ3) is 2.48. The molecule has 0 bridgehead atoms. The maximum atomic E-state index is 5.93. The third-order valence-corrected chi connectivity index (χ3v) is 3.18. The molecule has 0 spiro atoms. The molecule has 0 aliphatic heterocycles. The largest absolute Gasteiger partial charge is 0.0896 e. The summed E-state index contributed by atoms with van der Waals surface area (Å²) in [5.74, 6) is 0.913. The van der Waals surface area contributed by atoms with Gasteiger partial charge in [0.15, 0.2) is 0 Å². The van der Waals surface area contributed by atoms with Crippen LogP contribution in [0.4, 0.5) is 0 Å². The van der Waals surface area contributed by atoms with Crippen LogP contribution >= 0.6 is 22.6 Å². The van der Waals surface area contributed by atoms with Gasteiger partial charge in [0.1, 0.15) is 0 Å². The van der Waals surface area contributed by atoms with E-state index < -0.39 is 0 Å². The molecule has 0 saturated heterocycles. The molecule has 2 heteroatoms. The molecule has 0 aromatic rings. The smallest absolute Gasteiger partial charge is 0.0889 e. The molecule has 0 heterocycles. The summed E-state index contributed by atoms with van der Waals surface area (Å²) in [7, 11) is 5.93. The molecule has 0 N–H and O–H groups in total. The lowest BCUT2D eigenvalue weighted by Gasteiger charge is -2.31. The van der Waals surface area contributed by atoms with E-state index in [2.05, 4.69) is 29.5 Å². The average molecular weight is 234 g/mol. The first-order valence-corrected chi connectivity index (χ1v) is 4.66. The van der Waals surface area contributed by atoms with Crippen molar-refractivity contribution >= 4 is 30.4 Å². The zero-order valence-electron chi connectivity index (χ0n) is 5.86. The number of hydrogen-bond acceptors (Lipinski definition) is 0. The van der Waals surface area contributed by atoms with Gasteiger partial charge in [-0.3, -0.25) is 0 Å². The Labute approximate surface area is 72.3 Å². The molecule has 9 heavy (non-hydrogen) atoms. The first-order valence-electron chi connectivity index (χ1n) is 3.58. The molecule has 1 fully saturated rings. The summed E-state index contributed by atoms with van der Waals surface area (Å²) in [4.78, 5) is 0. The minimum absolute atomic E-state index is 0.129. The Morgan fingerprint density at radius 1 is 1.44 bits per heavy atom. The topological polar surface area (TPSA) is 0 Å². The summed E-state index contributed by atoms with van der Waals surface area (Å²) in [6.45, 7) is 2.31. The molecule has 0 nitrogen and oxygen atoms in total. The van der Waals surface area contributed by atoms with Crippen molar-refractivity contribution in [1.29, 1.82) is 0 Å². The van der Waals surface area contributed by atoms with E-state index in [1.165, 1.54) is 25.7 Å². The second kappa shape index (κ2) is 2.81. The van der Waals surface area contributed by atoms with Crippen molar-refractivity contribution in [3.63, 3.8) is 0 Å². The molecule has 1 saturated carbocycles. The lowest BCUT2D eigenvalue weighted by atomic mass is 9.72. The highest BCUT2D eigenvalue weighted by Gasteiger charge is 2.25. The number of rotatable bonds is 0. The van der Waals surface area contributed by atoms with Gasteiger partial charge in [-0.25, -0.2) is 0 Å². The van der Waals surface area contributed by atoms with Gasteiger partial charge in [-0.2, -0.15) is 0 Å². The van der Waals surface area contributed by atoms with Crippen LogP contribution in [0.5, 0.6) is 0 Å². The second-order valence-corrected chi connectivity index (χ2v) is 5.37. The molecule has 1 aliphatic rings. The van der Waals surface area contributed by atoms with Crippen molar-refractivity contribution in [2.24, 2.45) is 5.92 Å². The molecule has 2 radical (unpaired) electrons. The van der Waals surface area contributed by atoms with Gasteiger partial charge in [0.2, 0.25) is 0 Å². The Morgan fingerprint density at radius 2 is 1.89 bits per heavy atom. The Morgan fingerprint density at radius 3 is 2.22 bits per heavy atom. The summed E-state index contributed by atoms with van der Waals surface area (Å²) in [5.41, 5.74) is 0. The SMILES string of the molecule is [B]C1(I)CCC(C)CC1. The van der Waals surface area contributed by atoms with Crippen molar-refractivity contribution < 1.29 is 0 Å². The van der Waals surface area contributed by atoms with Crippen LogP contribution in [0.1, 0.15) is 32.6 Å². The molecule has 0 unspecified atom stereocenters. The molecule has 1 rings (SSSR count). The first kappa shape index (κ1) is 7.90. The van der Waals surface area contributed by atoms with Crippen molar-refractivity contribution in [3.05, 3.63) is 0 Å². The Kier molecular flexibility index (Phi) is 2.46. The van der Waals surface area contributed by atoms with E-state index in [0.717, 1.165) is 5.92 Å². The van der Waals surface area contributed by atoms with E-state index in [1.807, 2.05) is 0 Å². The highest BCUT2D eigenvalue weighted by atomic mass is 127. The van der Waals surface area contributed by atoms with E-state index >= 15 is 0 Å². The Hall–Kier alpha value is 0.795. The van der Waals surface area contributed by atoms with Gasteiger partial charge < -0.3 is 0 Å². The Balaban J connectivity index is 2.35. The molecule has 0 aromatic heterocycles. The predicted molar refractivity (Wildman–Crippen MR) is 50.1 cm³/mol. The van der Waals surface area contributed by atoms with Crippen LogP contribution in [0.3, 0.4) is 0 Å². The van der Waals surface area contributed by atoms with Crippen molar-refractivity contribution in [1.82, 2.24) is 0 Å². The summed E-state index contributed by atoms with van der Waals surface area (Å²) < 4.78 is 0.129. The minimum Gasteiger partial charge on any atom is -0.0896 e. The van der Waals surface area contributed by atoms with E-state index in [4.69, 9.17) is 7.85 Å². The fourth-order valence-corrected chi connectivity index (χ4v) is 1.86. The third-order valence-electron chi connectivity index (χ3n) is 2.11. The fraction of sp³-hybridized carbons (Fsp3) is 1.00. The maximum Gasteiger partial charge on any atom is 0.0889 e. The van der Waals surface area contributed by atoms with Crippen molar-refractivity contribution in [3.8, 4) is 0 Å². The van der Waals surface area contributed by atoms with Crippen LogP contribution in [0.2, 0.25) is 0 Å². The van der Waals surface area contributed by atoms with Crippen LogP contribution in [0.15, 0.2) is 0 Å². The lowest BCUT2D eigenvalue weighted by molar-refractivity contribution is 0.382. The van der Waals surface area contributed by atoms with Crippen LogP contribution in [0.25, 0.3) is 0 Å². The van der Waals surface area contributed by atoms with E-state index in [0.29, 0.717) is 0 Å². The summed E-state index contributed by atoms with van der Waals surface area (Å²) >= 11 is 2.38. The average Bonchev–Trinajstić information content (AvgIpc) is 1.78. The summed E-state index contributed by atoms with van der Waals surface area (Å²) in [6, 6.07) is 0. The van der Waals surface area contributed by atoms with Crippen LogP contribution < -0.4 is 0 Å². The normalized spacial score (nSPS) is 44.9. The van der Waals surface area contributed by atoms with E-state index in [9.17, 15) is 0 Å². The standard InChI is InChI=1S/C7H12BI/c1-6-2-4-7(8,9)5-3-6/h6H,2-5H2,1H3. The van der Waals surface area contributed by atoms with Gasteiger partial charge in [0, 0.05) is 0 Å². The molecule has 1 aliphatic carbocycles. The zero-order chi connectivity index (χ0) is 6.91. The predicted octanol–water partition coefficient (Wildman–Crippen LogP) is 2.50. The van der Waals surface area contributed by atoms with Gasteiger partial charge in [-0.05, 0) is 22.1 Å². The minimum atomic E-state index is 0.129. The monoisotopic (exact) mass is 234 g/mol. The quantitative estimate of drug-likeness (QED) is 0.343. The molecule has 50 valence electrons. The first-order chi connectivity index (χ1) is 4.10. The van der Waals surface area contributed by atoms with E-state index in [1.54, 1.807) is 0 Å². The highest BCUT2D eigenvalue weighted by molar-refractivity contribution is 14.1. The molecule has 0 aromatic carbocycles. The van der Waals surface area contributed by atoms with Crippen molar-refractivity contribution in [2.75, 3.05) is 0 Å². The van der Waals surface area contributed by atoms with Gasteiger partial charge >= 0.3 is 0 Å². The Bertz CT molecular complexity index is 91.1. The van der Waals surface area contributed by atoms with Crippen molar-refractivity contribution in [2.45, 2.75) is 35.9 Å². The van der Waals surface area contributed by atoms with Gasteiger partial charge in [-0.1, -0.05) is 42.4 Å². The summed E-state index contributed by atoms with van der Waals surface area (Å²) in [6.07, 6.45) is 5.04. The highest BCUT2D eigenvalue weighted by Crippen LogP contribution is 2.35. The van der Waals surface area contributed by atoms with E-state index in [-0.39, 0.29) is 3.32 Å². The number of hydrogen-bond donors (Lipinski definition) is 0. The molecule has 0 atom stereocenters. The maximum absolute atomic E-state index is 5.93. The zero-order valence-corrected chi connectivity index (χ0v) is 8.02. The second-order valence-electron chi connectivity index (χ2n) is 3.22. The lowest BCUT2D eigenvalue weighted by Crippen LogP contribution is -2.26.